The number of nitrogens with zero attached hydrogens (tertiary/aromatic N) is 1. The molecule has 2 aromatic rings. The van der Waals surface area contributed by atoms with Crippen molar-refractivity contribution in [2.75, 3.05) is 12.0 Å². The minimum Gasteiger partial charge on any atom is -0.345 e. The van der Waals surface area contributed by atoms with Crippen molar-refractivity contribution >= 4 is 32.7 Å². The van der Waals surface area contributed by atoms with Crippen molar-refractivity contribution < 1.29 is 12.8 Å². The van der Waals surface area contributed by atoms with Gasteiger partial charge in [0, 0.05) is 29.4 Å². The molecule has 1 heterocycles. The number of rotatable bonds is 4. The molecule has 0 saturated heterocycles. The van der Waals surface area contributed by atoms with Gasteiger partial charge in [-0.2, -0.15) is 11.8 Å². The Morgan fingerprint density at radius 3 is 2.78 bits per heavy atom. The lowest BCUT2D eigenvalue weighted by atomic mass is 10.2. The molecule has 98 valence electrons. The van der Waals surface area contributed by atoms with Crippen LogP contribution in [0.25, 0.3) is 10.9 Å². The van der Waals surface area contributed by atoms with Gasteiger partial charge >= 0.3 is 0 Å². The summed E-state index contributed by atoms with van der Waals surface area (Å²) in [4.78, 5) is -0.0295. The molecule has 2 rings (SSSR count). The van der Waals surface area contributed by atoms with Crippen LogP contribution in [0.3, 0.4) is 0 Å². The van der Waals surface area contributed by atoms with Gasteiger partial charge in [-0.1, -0.05) is 0 Å². The van der Waals surface area contributed by atoms with Crippen LogP contribution >= 0.6 is 11.8 Å². The highest BCUT2D eigenvalue weighted by Gasteiger charge is 2.17. The summed E-state index contributed by atoms with van der Waals surface area (Å²) in [5, 5.41) is 5.48. The van der Waals surface area contributed by atoms with Crippen LogP contribution in [0.5, 0.6) is 0 Å². The molecule has 2 N–H and O–H groups in total. The van der Waals surface area contributed by atoms with E-state index in [0.29, 0.717) is 17.4 Å². The van der Waals surface area contributed by atoms with Gasteiger partial charge in [0.05, 0.1) is 0 Å². The Morgan fingerprint density at radius 1 is 1.44 bits per heavy atom. The van der Waals surface area contributed by atoms with Crippen LogP contribution in [0, 0.1) is 5.82 Å². The van der Waals surface area contributed by atoms with Crippen LogP contribution in [-0.4, -0.2) is 25.0 Å². The van der Waals surface area contributed by atoms with Crippen molar-refractivity contribution in [3.8, 4) is 0 Å². The molecule has 4 nitrogen and oxygen atoms in total. The fourth-order valence-corrected chi connectivity index (χ4v) is 2.96. The number of aromatic nitrogens is 1. The fraction of sp³-hybridized carbons (Fsp3) is 0.273. The van der Waals surface area contributed by atoms with Gasteiger partial charge in [-0.05, 0) is 24.5 Å². The number of benzene rings is 1. The standard InChI is InChI=1S/C11H13FN2O2S2/c1-17-5-4-14-7-11(18(13,15)16)9-6-8(12)2-3-10(9)14/h2-3,6-7H,4-5H2,1H3,(H2,13,15,16). The number of fused-ring (bicyclic) bond motifs is 1. The monoisotopic (exact) mass is 288 g/mol. The first-order valence-corrected chi connectivity index (χ1v) is 8.17. The van der Waals surface area contributed by atoms with E-state index in [1.54, 1.807) is 22.4 Å². The van der Waals surface area contributed by atoms with Gasteiger partial charge in [0.2, 0.25) is 10.0 Å². The molecule has 1 aromatic carbocycles. The third-order valence-electron chi connectivity index (χ3n) is 2.65. The first kappa shape index (κ1) is 13.4. The lowest BCUT2D eigenvalue weighted by Crippen LogP contribution is -2.11. The van der Waals surface area contributed by atoms with E-state index in [4.69, 9.17) is 5.14 Å². The normalized spacial score (nSPS) is 12.2. The van der Waals surface area contributed by atoms with Crippen molar-refractivity contribution in [2.24, 2.45) is 5.14 Å². The molecule has 0 aliphatic carbocycles. The summed E-state index contributed by atoms with van der Waals surface area (Å²) in [6.45, 7) is 0.652. The average molecular weight is 288 g/mol. The Bertz CT molecular complexity index is 680. The zero-order valence-electron chi connectivity index (χ0n) is 9.76. The van der Waals surface area contributed by atoms with Gasteiger partial charge in [0.1, 0.15) is 10.7 Å². The highest BCUT2D eigenvalue weighted by atomic mass is 32.2. The number of hydrogen-bond donors (Lipinski definition) is 1. The van der Waals surface area contributed by atoms with E-state index in [1.807, 2.05) is 6.26 Å². The van der Waals surface area contributed by atoms with Gasteiger partial charge in [-0.3, -0.25) is 0 Å². The SMILES string of the molecule is CSCCn1cc(S(N)(=O)=O)c2cc(F)ccc21. The number of aryl methyl sites for hydroxylation is 1. The van der Waals surface area contributed by atoms with E-state index >= 15 is 0 Å². The summed E-state index contributed by atoms with van der Waals surface area (Å²) in [5.41, 5.74) is 0.675. The molecule has 0 unspecified atom stereocenters. The Morgan fingerprint density at radius 2 is 2.17 bits per heavy atom. The second-order valence-corrected chi connectivity index (χ2v) is 6.40. The lowest BCUT2D eigenvalue weighted by molar-refractivity contribution is 0.598. The number of primary sulfonamides is 1. The van der Waals surface area contributed by atoms with Gasteiger partial charge in [0.25, 0.3) is 0 Å². The highest BCUT2D eigenvalue weighted by Crippen LogP contribution is 2.25. The van der Waals surface area contributed by atoms with Crippen LogP contribution in [-0.2, 0) is 16.6 Å². The predicted molar refractivity (Wildman–Crippen MR) is 71.7 cm³/mol. The summed E-state index contributed by atoms with van der Waals surface area (Å²) in [5.74, 6) is 0.362. The molecule has 0 saturated carbocycles. The number of sulfonamides is 1. The van der Waals surface area contributed by atoms with Crippen molar-refractivity contribution in [1.82, 2.24) is 4.57 Å². The molecule has 0 bridgehead atoms. The fourth-order valence-electron chi connectivity index (χ4n) is 1.84. The molecule has 0 amide bonds. The summed E-state index contributed by atoms with van der Waals surface area (Å²) < 4.78 is 38.0. The largest absolute Gasteiger partial charge is 0.345 e. The number of halogens is 1. The molecule has 18 heavy (non-hydrogen) atoms. The van der Waals surface area contributed by atoms with E-state index in [1.165, 1.54) is 18.3 Å². The highest BCUT2D eigenvalue weighted by molar-refractivity contribution is 7.98. The van der Waals surface area contributed by atoms with Gasteiger partial charge in [0.15, 0.2) is 0 Å². The Balaban J connectivity index is 2.67. The molecular weight excluding hydrogens is 275 g/mol. The number of thioether (sulfide) groups is 1. The van der Waals surface area contributed by atoms with Crippen molar-refractivity contribution in [2.45, 2.75) is 11.4 Å². The second kappa shape index (κ2) is 4.91. The maximum Gasteiger partial charge on any atom is 0.240 e. The second-order valence-electron chi connectivity index (χ2n) is 3.89. The zero-order valence-corrected chi connectivity index (χ0v) is 11.4. The average Bonchev–Trinajstić information content (AvgIpc) is 2.64. The summed E-state index contributed by atoms with van der Waals surface area (Å²) in [6, 6.07) is 4.08. The summed E-state index contributed by atoms with van der Waals surface area (Å²) in [7, 11) is -3.84. The number of nitrogens with two attached hydrogens (primary N) is 1. The minimum atomic E-state index is -3.84. The first-order chi connectivity index (χ1) is 8.43. The lowest BCUT2D eigenvalue weighted by Gasteiger charge is -2.02. The zero-order chi connectivity index (χ0) is 13.3. The molecule has 0 aliphatic rings. The topological polar surface area (TPSA) is 65.1 Å². The van der Waals surface area contributed by atoms with Crippen molar-refractivity contribution in [1.29, 1.82) is 0 Å². The molecule has 0 radical (unpaired) electrons. The molecule has 0 atom stereocenters. The van der Waals surface area contributed by atoms with Gasteiger partial charge in [-0.15, -0.1) is 0 Å². The van der Waals surface area contributed by atoms with E-state index in [-0.39, 0.29) is 4.90 Å². The van der Waals surface area contributed by atoms with E-state index in [2.05, 4.69) is 0 Å². The molecule has 0 fully saturated rings. The first-order valence-electron chi connectivity index (χ1n) is 5.23. The van der Waals surface area contributed by atoms with Crippen LogP contribution in [0.15, 0.2) is 29.3 Å². The maximum absolute atomic E-state index is 13.2. The van der Waals surface area contributed by atoms with E-state index in [0.717, 1.165) is 5.75 Å². The molecular formula is C11H13FN2O2S2. The molecule has 1 aromatic heterocycles. The Hall–Kier alpha value is -1.05. The summed E-state index contributed by atoms with van der Waals surface area (Å²) >= 11 is 1.65. The van der Waals surface area contributed by atoms with Gasteiger partial charge in [-0.25, -0.2) is 17.9 Å². The maximum atomic E-state index is 13.2. The Labute approximate surface area is 109 Å². The van der Waals surface area contributed by atoms with Crippen molar-refractivity contribution in [3.05, 3.63) is 30.2 Å². The van der Waals surface area contributed by atoms with E-state index < -0.39 is 15.8 Å². The van der Waals surface area contributed by atoms with Gasteiger partial charge < -0.3 is 4.57 Å². The smallest absolute Gasteiger partial charge is 0.240 e. The van der Waals surface area contributed by atoms with Crippen LogP contribution < -0.4 is 5.14 Å². The predicted octanol–water partition coefficient (Wildman–Crippen LogP) is 1.79. The third kappa shape index (κ3) is 2.52. The third-order valence-corrected chi connectivity index (χ3v) is 4.18. The molecule has 0 spiro atoms. The van der Waals surface area contributed by atoms with Crippen LogP contribution in [0.4, 0.5) is 4.39 Å². The van der Waals surface area contributed by atoms with Crippen molar-refractivity contribution in [3.63, 3.8) is 0 Å². The van der Waals surface area contributed by atoms with Crippen LogP contribution in [0.2, 0.25) is 0 Å². The molecule has 0 aliphatic heterocycles. The minimum absolute atomic E-state index is 0.0295. The van der Waals surface area contributed by atoms with E-state index in [9.17, 15) is 12.8 Å². The summed E-state index contributed by atoms with van der Waals surface area (Å²) in [6.07, 6.45) is 3.43. The van der Waals surface area contributed by atoms with Crippen LogP contribution in [0.1, 0.15) is 0 Å². The quantitative estimate of drug-likeness (QED) is 0.933. The number of hydrogen-bond acceptors (Lipinski definition) is 3. The Kier molecular flexibility index (Phi) is 3.65. The molecule has 7 heteroatoms.